The SMILES string of the molecule is CCOC1(C(=N)N2CCCC2)CCCC1. The fraction of sp³-hybridized carbons (Fsp3) is 0.917. The molecule has 1 N–H and O–H groups in total. The van der Waals surface area contributed by atoms with Gasteiger partial charge in [-0.2, -0.15) is 0 Å². The van der Waals surface area contributed by atoms with Gasteiger partial charge in [0.2, 0.25) is 0 Å². The summed E-state index contributed by atoms with van der Waals surface area (Å²) in [6.45, 7) is 4.90. The van der Waals surface area contributed by atoms with E-state index < -0.39 is 0 Å². The van der Waals surface area contributed by atoms with Crippen LogP contribution in [0.15, 0.2) is 0 Å². The molecule has 1 saturated heterocycles. The van der Waals surface area contributed by atoms with Gasteiger partial charge in [-0.15, -0.1) is 0 Å². The van der Waals surface area contributed by atoms with Crippen molar-refractivity contribution in [3.05, 3.63) is 0 Å². The Morgan fingerprint density at radius 2 is 1.80 bits per heavy atom. The van der Waals surface area contributed by atoms with E-state index >= 15 is 0 Å². The Balaban J connectivity index is 2.06. The Morgan fingerprint density at radius 3 is 2.33 bits per heavy atom. The molecule has 1 saturated carbocycles. The number of nitrogens with one attached hydrogen (secondary N) is 1. The summed E-state index contributed by atoms with van der Waals surface area (Å²) >= 11 is 0. The third kappa shape index (κ3) is 2.03. The molecule has 0 spiro atoms. The van der Waals surface area contributed by atoms with Crippen LogP contribution in [-0.4, -0.2) is 36.0 Å². The highest BCUT2D eigenvalue weighted by Gasteiger charge is 2.41. The zero-order valence-electron chi connectivity index (χ0n) is 9.72. The molecule has 1 heterocycles. The molecule has 2 rings (SSSR count). The molecule has 0 bridgehead atoms. The average molecular weight is 210 g/mol. The molecule has 0 unspecified atom stereocenters. The summed E-state index contributed by atoms with van der Waals surface area (Å²) in [6.07, 6.45) is 7.02. The van der Waals surface area contributed by atoms with Crippen LogP contribution >= 0.6 is 0 Å². The molecule has 1 aliphatic heterocycles. The summed E-state index contributed by atoms with van der Waals surface area (Å²) in [5.74, 6) is 0.763. The van der Waals surface area contributed by atoms with E-state index in [2.05, 4.69) is 4.90 Å². The summed E-state index contributed by atoms with van der Waals surface area (Å²) in [5.41, 5.74) is -0.223. The summed E-state index contributed by atoms with van der Waals surface area (Å²) in [7, 11) is 0. The van der Waals surface area contributed by atoms with E-state index in [0.717, 1.165) is 38.4 Å². The van der Waals surface area contributed by atoms with Crippen molar-refractivity contribution in [3.8, 4) is 0 Å². The topological polar surface area (TPSA) is 36.3 Å². The number of hydrogen-bond acceptors (Lipinski definition) is 2. The molecule has 15 heavy (non-hydrogen) atoms. The maximum atomic E-state index is 8.34. The van der Waals surface area contributed by atoms with E-state index in [1.54, 1.807) is 0 Å². The number of rotatable bonds is 3. The van der Waals surface area contributed by atoms with Gasteiger partial charge in [0.1, 0.15) is 11.4 Å². The highest BCUT2D eigenvalue weighted by Crippen LogP contribution is 2.35. The van der Waals surface area contributed by atoms with E-state index in [4.69, 9.17) is 10.1 Å². The Hall–Kier alpha value is -0.570. The highest BCUT2D eigenvalue weighted by molar-refractivity contribution is 5.88. The summed E-state index contributed by atoms with van der Waals surface area (Å²) in [4.78, 5) is 2.22. The third-order valence-corrected chi connectivity index (χ3v) is 3.69. The molecular formula is C12H22N2O. The minimum absolute atomic E-state index is 0.223. The van der Waals surface area contributed by atoms with Crippen molar-refractivity contribution in [2.24, 2.45) is 0 Å². The second-order valence-corrected chi connectivity index (χ2v) is 4.68. The minimum atomic E-state index is -0.223. The lowest BCUT2D eigenvalue weighted by Crippen LogP contribution is -2.47. The average Bonchev–Trinajstić information content (AvgIpc) is 2.88. The van der Waals surface area contributed by atoms with Crippen molar-refractivity contribution in [3.63, 3.8) is 0 Å². The van der Waals surface area contributed by atoms with Crippen LogP contribution < -0.4 is 0 Å². The molecule has 86 valence electrons. The van der Waals surface area contributed by atoms with Crippen LogP contribution in [0.25, 0.3) is 0 Å². The highest BCUT2D eigenvalue weighted by atomic mass is 16.5. The van der Waals surface area contributed by atoms with E-state index in [0.29, 0.717) is 0 Å². The number of amidine groups is 1. The summed E-state index contributed by atoms with van der Waals surface area (Å²) in [6, 6.07) is 0. The predicted octanol–water partition coefficient (Wildman–Crippen LogP) is 2.41. The van der Waals surface area contributed by atoms with Crippen LogP contribution in [0.1, 0.15) is 45.4 Å². The lowest BCUT2D eigenvalue weighted by Gasteiger charge is -2.34. The quantitative estimate of drug-likeness (QED) is 0.573. The van der Waals surface area contributed by atoms with E-state index in [-0.39, 0.29) is 5.60 Å². The van der Waals surface area contributed by atoms with Crippen molar-refractivity contribution in [1.29, 1.82) is 5.41 Å². The minimum Gasteiger partial charge on any atom is -0.367 e. The van der Waals surface area contributed by atoms with Crippen LogP contribution in [-0.2, 0) is 4.74 Å². The first kappa shape index (κ1) is 10.9. The van der Waals surface area contributed by atoms with Gasteiger partial charge in [-0.25, -0.2) is 0 Å². The van der Waals surface area contributed by atoms with Gasteiger partial charge in [-0.05, 0) is 45.4 Å². The van der Waals surface area contributed by atoms with Crippen molar-refractivity contribution in [2.75, 3.05) is 19.7 Å². The molecule has 0 aromatic rings. The zero-order chi connectivity index (χ0) is 10.7. The first-order valence-corrected chi connectivity index (χ1v) is 6.26. The van der Waals surface area contributed by atoms with E-state index in [9.17, 15) is 0 Å². The predicted molar refractivity (Wildman–Crippen MR) is 61.4 cm³/mol. The van der Waals surface area contributed by atoms with Gasteiger partial charge in [-0.1, -0.05) is 0 Å². The van der Waals surface area contributed by atoms with Crippen molar-refractivity contribution < 1.29 is 4.74 Å². The maximum Gasteiger partial charge on any atom is 0.129 e. The molecule has 0 aromatic carbocycles. The largest absolute Gasteiger partial charge is 0.367 e. The van der Waals surface area contributed by atoms with Crippen molar-refractivity contribution >= 4 is 5.84 Å². The van der Waals surface area contributed by atoms with Gasteiger partial charge in [0.25, 0.3) is 0 Å². The van der Waals surface area contributed by atoms with Crippen LogP contribution in [0.4, 0.5) is 0 Å². The lowest BCUT2D eigenvalue weighted by atomic mass is 9.99. The first-order chi connectivity index (χ1) is 7.28. The standard InChI is InChI=1S/C12H22N2O/c1-2-15-12(7-3-4-8-12)11(13)14-9-5-6-10-14/h13H,2-10H2,1H3. The number of likely N-dealkylation sites (tertiary alicyclic amines) is 1. The van der Waals surface area contributed by atoms with E-state index in [1.165, 1.54) is 25.7 Å². The number of hydrogen-bond donors (Lipinski definition) is 1. The number of ether oxygens (including phenoxy) is 1. The fourth-order valence-corrected chi connectivity index (χ4v) is 2.90. The molecule has 2 fully saturated rings. The zero-order valence-corrected chi connectivity index (χ0v) is 9.72. The summed E-state index contributed by atoms with van der Waals surface area (Å²) < 4.78 is 5.90. The van der Waals surface area contributed by atoms with Crippen molar-refractivity contribution in [1.82, 2.24) is 4.90 Å². The van der Waals surface area contributed by atoms with Gasteiger partial charge < -0.3 is 9.64 Å². The Kier molecular flexibility index (Phi) is 3.29. The Labute approximate surface area is 92.3 Å². The maximum absolute atomic E-state index is 8.34. The van der Waals surface area contributed by atoms with Gasteiger partial charge in [0.15, 0.2) is 0 Å². The van der Waals surface area contributed by atoms with Gasteiger partial charge in [0.05, 0.1) is 0 Å². The van der Waals surface area contributed by atoms with Crippen LogP contribution in [0, 0.1) is 5.41 Å². The van der Waals surface area contributed by atoms with Crippen LogP contribution in [0.5, 0.6) is 0 Å². The number of nitrogens with zero attached hydrogens (tertiary/aromatic N) is 1. The molecule has 2 aliphatic rings. The molecular weight excluding hydrogens is 188 g/mol. The van der Waals surface area contributed by atoms with E-state index in [1.807, 2.05) is 6.92 Å². The third-order valence-electron chi connectivity index (χ3n) is 3.69. The molecule has 3 heteroatoms. The summed E-state index contributed by atoms with van der Waals surface area (Å²) in [5, 5.41) is 8.34. The molecule has 0 radical (unpaired) electrons. The molecule has 3 nitrogen and oxygen atoms in total. The Bertz CT molecular complexity index is 228. The normalized spacial score (nSPS) is 24.7. The molecule has 1 aliphatic carbocycles. The second kappa shape index (κ2) is 4.52. The molecule has 0 aromatic heterocycles. The second-order valence-electron chi connectivity index (χ2n) is 4.68. The molecule has 0 atom stereocenters. The Morgan fingerprint density at radius 1 is 1.20 bits per heavy atom. The first-order valence-electron chi connectivity index (χ1n) is 6.26. The van der Waals surface area contributed by atoms with Crippen LogP contribution in [0.2, 0.25) is 0 Å². The van der Waals surface area contributed by atoms with Gasteiger partial charge >= 0.3 is 0 Å². The smallest absolute Gasteiger partial charge is 0.129 e. The van der Waals surface area contributed by atoms with Gasteiger partial charge in [0, 0.05) is 19.7 Å². The van der Waals surface area contributed by atoms with Gasteiger partial charge in [-0.3, -0.25) is 5.41 Å². The fourth-order valence-electron chi connectivity index (χ4n) is 2.90. The lowest BCUT2D eigenvalue weighted by molar-refractivity contribution is 0.0117. The monoisotopic (exact) mass is 210 g/mol. The van der Waals surface area contributed by atoms with Crippen molar-refractivity contribution in [2.45, 2.75) is 51.0 Å². The molecule has 0 amide bonds. The van der Waals surface area contributed by atoms with Crippen LogP contribution in [0.3, 0.4) is 0 Å².